The molecule has 2 aromatic rings. The van der Waals surface area contributed by atoms with E-state index in [1.165, 1.54) is 0 Å². The van der Waals surface area contributed by atoms with Crippen LogP contribution < -0.4 is 10.5 Å². The minimum Gasteiger partial charge on any atom is -0.496 e. The molecule has 3 nitrogen and oxygen atoms in total. The highest BCUT2D eigenvalue weighted by molar-refractivity contribution is 5.88. The maximum Gasteiger partial charge on any atom is 0.146 e. The summed E-state index contributed by atoms with van der Waals surface area (Å²) in [5, 5.41) is 0. The molecule has 0 saturated heterocycles. The number of hydrogen-bond acceptors (Lipinski definition) is 3. The number of ether oxygens (including phenoxy) is 1. The highest BCUT2D eigenvalue weighted by Gasteiger charge is 2.20. The van der Waals surface area contributed by atoms with Gasteiger partial charge in [-0.05, 0) is 11.6 Å². The topological polar surface area (TPSA) is 52.3 Å². The van der Waals surface area contributed by atoms with Gasteiger partial charge in [-0.2, -0.15) is 0 Å². The van der Waals surface area contributed by atoms with Crippen LogP contribution in [0.2, 0.25) is 0 Å². The standard InChI is InChI=1S/C17H19NO2/c1-20-17-10-6-5-9-14(17)11-16(19)15(12-18)13-7-3-2-4-8-13/h2-10,15H,11-12,18H2,1H3. The lowest BCUT2D eigenvalue weighted by atomic mass is 9.91. The number of rotatable bonds is 6. The average Bonchev–Trinajstić information content (AvgIpc) is 2.49. The van der Waals surface area contributed by atoms with Crippen LogP contribution in [0.4, 0.5) is 0 Å². The Morgan fingerprint density at radius 3 is 2.40 bits per heavy atom. The van der Waals surface area contributed by atoms with Gasteiger partial charge in [0.2, 0.25) is 0 Å². The third-order valence-corrected chi connectivity index (χ3v) is 3.38. The molecule has 2 aromatic carbocycles. The fourth-order valence-electron chi connectivity index (χ4n) is 2.30. The van der Waals surface area contributed by atoms with Crippen molar-refractivity contribution in [3.63, 3.8) is 0 Å². The molecule has 20 heavy (non-hydrogen) atoms. The minimum atomic E-state index is -0.263. The fourth-order valence-corrected chi connectivity index (χ4v) is 2.30. The second-order valence-corrected chi connectivity index (χ2v) is 4.65. The number of Topliss-reactive ketones (excluding diaryl/α,β-unsaturated/α-hetero) is 1. The number of hydrogen-bond donors (Lipinski definition) is 1. The quantitative estimate of drug-likeness (QED) is 0.876. The van der Waals surface area contributed by atoms with Crippen molar-refractivity contribution in [2.45, 2.75) is 12.3 Å². The molecule has 0 radical (unpaired) electrons. The summed E-state index contributed by atoms with van der Waals surface area (Å²) in [6, 6.07) is 17.2. The first-order chi connectivity index (χ1) is 9.76. The Morgan fingerprint density at radius 2 is 1.75 bits per heavy atom. The smallest absolute Gasteiger partial charge is 0.146 e. The summed E-state index contributed by atoms with van der Waals surface area (Å²) >= 11 is 0. The molecule has 2 N–H and O–H groups in total. The van der Waals surface area contributed by atoms with Crippen LogP contribution in [-0.2, 0) is 11.2 Å². The predicted octanol–water partition coefficient (Wildman–Crippen LogP) is 2.55. The first-order valence-corrected chi connectivity index (χ1v) is 6.66. The Kier molecular flexibility index (Phi) is 4.91. The number of nitrogens with two attached hydrogens (primary N) is 1. The van der Waals surface area contributed by atoms with Gasteiger partial charge in [0, 0.05) is 18.5 Å². The number of benzene rings is 2. The van der Waals surface area contributed by atoms with Crippen LogP contribution in [-0.4, -0.2) is 19.4 Å². The van der Waals surface area contributed by atoms with Gasteiger partial charge < -0.3 is 10.5 Å². The van der Waals surface area contributed by atoms with Crippen molar-refractivity contribution < 1.29 is 9.53 Å². The molecule has 0 spiro atoms. The van der Waals surface area contributed by atoms with Crippen LogP contribution in [0.1, 0.15) is 17.0 Å². The van der Waals surface area contributed by atoms with Gasteiger partial charge in [0.15, 0.2) is 0 Å². The third-order valence-electron chi connectivity index (χ3n) is 3.38. The lowest BCUT2D eigenvalue weighted by Gasteiger charge is -2.15. The Balaban J connectivity index is 2.18. The molecule has 0 bridgehead atoms. The molecule has 2 rings (SSSR count). The van der Waals surface area contributed by atoms with Crippen molar-refractivity contribution in [1.29, 1.82) is 0 Å². The summed E-state index contributed by atoms with van der Waals surface area (Å²) in [6.45, 7) is 0.317. The van der Waals surface area contributed by atoms with E-state index in [4.69, 9.17) is 10.5 Å². The van der Waals surface area contributed by atoms with E-state index < -0.39 is 0 Å². The number of ketones is 1. The largest absolute Gasteiger partial charge is 0.496 e. The Labute approximate surface area is 119 Å². The Bertz CT molecular complexity index is 566. The number of carbonyl (C=O) groups excluding carboxylic acids is 1. The van der Waals surface area contributed by atoms with Gasteiger partial charge in [0.25, 0.3) is 0 Å². The lowest BCUT2D eigenvalue weighted by Crippen LogP contribution is -2.23. The lowest BCUT2D eigenvalue weighted by molar-refractivity contribution is -0.119. The average molecular weight is 269 g/mol. The normalized spacial score (nSPS) is 11.9. The zero-order valence-corrected chi connectivity index (χ0v) is 11.6. The summed E-state index contributed by atoms with van der Waals surface area (Å²) in [7, 11) is 1.61. The van der Waals surface area contributed by atoms with Crippen LogP contribution in [0.25, 0.3) is 0 Å². The maximum absolute atomic E-state index is 12.5. The van der Waals surface area contributed by atoms with E-state index in [9.17, 15) is 4.79 Å². The molecule has 3 heteroatoms. The molecule has 0 aromatic heterocycles. The molecule has 104 valence electrons. The number of methoxy groups -OCH3 is 1. The van der Waals surface area contributed by atoms with Gasteiger partial charge in [-0.1, -0.05) is 48.5 Å². The second-order valence-electron chi connectivity index (χ2n) is 4.65. The molecular weight excluding hydrogens is 250 g/mol. The second kappa shape index (κ2) is 6.87. The zero-order chi connectivity index (χ0) is 14.4. The Morgan fingerprint density at radius 1 is 1.10 bits per heavy atom. The maximum atomic E-state index is 12.5. The molecule has 0 saturated carbocycles. The first-order valence-electron chi connectivity index (χ1n) is 6.66. The van der Waals surface area contributed by atoms with E-state index in [1.54, 1.807) is 7.11 Å². The summed E-state index contributed by atoms with van der Waals surface area (Å²) in [5.41, 5.74) is 7.64. The monoisotopic (exact) mass is 269 g/mol. The zero-order valence-electron chi connectivity index (χ0n) is 11.6. The number of para-hydroxylation sites is 1. The van der Waals surface area contributed by atoms with Crippen molar-refractivity contribution in [1.82, 2.24) is 0 Å². The fraction of sp³-hybridized carbons (Fsp3) is 0.235. The highest BCUT2D eigenvalue weighted by atomic mass is 16.5. The first kappa shape index (κ1) is 14.3. The molecule has 0 aliphatic carbocycles. The van der Waals surface area contributed by atoms with E-state index >= 15 is 0 Å². The summed E-state index contributed by atoms with van der Waals surface area (Å²) < 4.78 is 5.28. The van der Waals surface area contributed by atoms with Crippen molar-refractivity contribution in [2.24, 2.45) is 5.73 Å². The Hall–Kier alpha value is -2.13. The van der Waals surface area contributed by atoms with Gasteiger partial charge in [-0.25, -0.2) is 0 Å². The van der Waals surface area contributed by atoms with Crippen molar-refractivity contribution in [3.8, 4) is 5.75 Å². The number of carbonyl (C=O) groups is 1. The molecular formula is C17H19NO2. The van der Waals surface area contributed by atoms with E-state index in [0.717, 1.165) is 16.9 Å². The van der Waals surface area contributed by atoms with Crippen LogP contribution in [0.5, 0.6) is 5.75 Å². The minimum absolute atomic E-state index is 0.114. The van der Waals surface area contributed by atoms with Gasteiger partial charge in [0.05, 0.1) is 13.0 Å². The van der Waals surface area contributed by atoms with Crippen LogP contribution in [0, 0.1) is 0 Å². The third kappa shape index (κ3) is 3.25. The van der Waals surface area contributed by atoms with Gasteiger partial charge in [-0.3, -0.25) is 4.79 Å². The van der Waals surface area contributed by atoms with Crippen LogP contribution >= 0.6 is 0 Å². The van der Waals surface area contributed by atoms with Crippen molar-refractivity contribution in [2.75, 3.05) is 13.7 Å². The van der Waals surface area contributed by atoms with Crippen molar-refractivity contribution >= 4 is 5.78 Å². The van der Waals surface area contributed by atoms with Gasteiger partial charge in [0.1, 0.15) is 11.5 Å². The SMILES string of the molecule is COc1ccccc1CC(=O)C(CN)c1ccccc1. The van der Waals surface area contributed by atoms with Crippen LogP contribution in [0.3, 0.4) is 0 Å². The van der Waals surface area contributed by atoms with Gasteiger partial charge >= 0.3 is 0 Å². The van der Waals surface area contributed by atoms with E-state index in [2.05, 4.69) is 0 Å². The molecule has 0 fully saturated rings. The molecule has 0 heterocycles. The summed E-state index contributed by atoms with van der Waals surface area (Å²) in [6.07, 6.45) is 0.334. The predicted molar refractivity (Wildman–Crippen MR) is 79.9 cm³/mol. The van der Waals surface area contributed by atoms with Gasteiger partial charge in [-0.15, -0.1) is 0 Å². The molecule has 0 aliphatic rings. The molecule has 1 unspecified atom stereocenters. The summed E-state index contributed by atoms with van der Waals surface area (Å²) in [4.78, 5) is 12.5. The van der Waals surface area contributed by atoms with E-state index in [0.29, 0.717) is 13.0 Å². The van der Waals surface area contributed by atoms with Crippen molar-refractivity contribution in [3.05, 3.63) is 65.7 Å². The van der Waals surface area contributed by atoms with E-state index in [1.807, 2.05) is 54.6 Å². The van der Waals surface area contributed by atoms with Crippen LogP contribution in [0.15, 0.2) is 54.6 Å². The molecule has 1 atom stereocenters. The van der Waals surface area contributed by atoms with E-state index in [-0.39, 0.29) is 11.7 Å². The summed E-state index contributed by atoms with van der Waals surface area (Å²) in [5.74, 6) is 0.592. The highest BCUT2D eigenvalue weighted by Crippen LogP contribution is 2.22. The molecule has 0 amide bonds. The molecule has 0 aliphatic heterocycles.